The van der Waals surface area contributed by atoms with Crippen LogP contribution in [0.25, 0.3) is 0 Å². The minimum Gasteiger partial charge on any atom is -0.331 e. The molecule has 0 aromatic carbocycles. The quantitative estimate of drug-likeness (QED) is 0.762. The molecule has 1 aliphatic heterocycles. The second kappa shape index (κ2) is 6.24. The normalized spacial score (nSPS) is 17.3. The van der Waals surface area contributed by atoms with Gasteiger partial charge in [0, 0.05) is 50.6 Å². The number of aromatic nitrogens is 1. The van der Waals surface area contributed by atoms with Gasteiger partial charge in [0.05, 0.1) is 11.1 Å². The van der Waals surface area contributed by atoms with E-state index in [0.29, 0.717) is 25.2 Å². The number of hydrogen-bond acceptors (Lipinski definition) is 3. The molecule has 7 heteroatoms. The summed E-state index contributed by atoms with van der Waals surface area (Å²) in [6, 6.07) is 1.74. The first-order chi connectivity index (χ1) is 10.2. The zero-order valence-corrected chi connectivity index (χ0v) is 14.9. The lowest BCUT2D eigenvalue weighted by Crippen LogP contribution is -2.63. The van der Waals surface area contributed by atoms with Crippen LogP contribution in [0, 0.1) is 0 Å². The van der Waals surface area contributed by atoms with E-state index in [9.17, 15) is 9.59 Å². The van der Waals surface area contributed by atoms with Gasteiger partial charge in [-0.2, -0.15) is 0 Å². The maximum atomic E-state index is 12.7. The maximum absolute atomic E-state index is 12.7. The summed E-state index contributed by atoms with van der Waals surface area (Å²) in [6.07, 6.45) is 3.22. The summed E-state index contributed by atoms with van der Waals surface area (Å²) >= 11 is 3.34. The smallest absolute Gasteiger partial charge is 0.319 e. The van der Waals surface area contributed by atoms with Gasteiger partial charge in [-0.05, 0) is 35.8 Å². The largest absolute Gasteiger partial charge is 0.331 e. The molecule has 0 spiro atoms. The van der Waals surface area contributed by atoms with E-state index in [1.807, 2.05) is 18.7 Å². The highest BCUT2D eigenvalue weighted by Gasteiger charge is 2.39. The summed E-state index contributed by atoms with van der Waals surface area (Å²) < 4.78 is 0.776. The van der Waals surface area contributed by atoms with E-state index >= 15 is 0 Å². The average Bonchev–Trinajstić information content (AvgIpc) is 2.44. The molecule has 1 aromatic heterocycles. The van der Waals surface area contributed by atoms with Crippen molar-refractivity contribution in [3.63, 3.8) is 0 Å². The molecule has 1 saturated heterocycles. The number of urea groups is 1. The van der Waals surface area contributed by atoms with E-state index in [-0.39, 0.29) is 11.9 Å². The van der Waals surface area contributed by atoms with Crippen LogP contribution in [0.15, 0.2) is 22.9 Å². The fourth-order valence-electron chi connectivity index (χ4n) is 2.66. The summed E-state index contributed by atoms with van der Waals surface area (Å²) in [5.74, 6) is -0.0595. The summed E-state index contributed by atoms with van der Waals surface area (Å²) in [5.41, 5.74) is 0.124. The third kappa shape index (κ3) is 3.40. The molecule has 120 valence electrons. The van der Waals surface area contributed by atoms with Gasteiger partial charge in [0.15, 0.2) is 0 Å². The molecular formula is C15H21BrN4O2. The van der Waals surface area contributed by atoms with E-state index < -0.39 is 5.54 Å². The molecule has 2 rings (SSSR count). The molecule has 0 unspecified atom stereocenters. The van der Waals surface area contributed by atoms with Gasteiger partial charge in [-0.25, -0.2) is 4.79 Å². The Morgan fingerprint density at radius 2 is 1.95 bits per heavy atom. The Morgan fingerprint density at radius 1 is 1.27 bits per heavy atom. The Balaban J connectivity index is 2.17. The first-order valence-corrected chi connectivity index (χ1v) is 7.90. The molecule has 0 saturated carbocycles. The monoisotopic (exact) mass is 368 g/mol. The Kier molecular flexibility index (Phi) is 4.75. The van der Waals surface area contributed by atoms with Crippen LogP contribution in [0.3, 0.4) is 0 Å². The second-order valence-electron chi connectivity index (χ2n) is 6.26. The number of rotatable bonds is 1. The average molecular weight is 369 g/mol. The summed E-state index contributed by atoms with van der Waals surface area (Å²) in [7, 11) is 3.47. The van der Waals surface area contributed by atoms with E-state index in [0.717, 1.165) is 4.47 Å². The number of amides is 3. The van der Waals surface area contributed by atoms with Gasteiger partial charge in [0.1, 0.15) is 0 Å². The van der Waals surface area contributed by atoms with Crippen LogP contribution in [0.4, 0.5) is 4.79 Å². The molecule has 3 amide bonds. The Hall–Kier alpha value is -1.63. The van der Waals surface area contributed by atoms with Crippen molar-refractivity contribution >= 4 is 27.9 Å². The summed E-state index contributed by atoms with van der Waals surface area (Å²) in [6.45, 7) is 5.51. The Labute approximate surface area is 139 Å². The molecule has 22 heavy (non-hydrogen) atoms. The van der Waals surface area contributed by atoms with Crippen LogP contribution in [0.2, 0.25) is 0 Å². The molecule has 2 heterocycles. The molecule has 0 aliphatic carbocycles. The predicted molar refractivity (Wildman–Crippen MR) is 87.7 cm³/mol. The third-order valence-electron chi connectivity index (χ3n) is 3.75. The molecule has 1 aliphatic rings. The molecule has 0 N–H and O–H groups in total. The van der Waals surface area contributed by atoms with Crippen LogP contribution < -0.4 is 0 Å². The number of carbonyl (C=O) groups excluding carboxylic acids is 2. The highest BCUT2D eigenvalue weighted by atomic mass is 79.9. The van der Waals surface area contributed by atoms with Crippen molar-refractivity contribution in [3.8, 4) is 0 Å². The molecule has 0 radical (unpaired) electrons. The number of hydrogen-bond donors (Lipinski definition) is 0. The number of nitrogens with zero attached hydrogens (tertiary/aromatic N) is 4. The number of piperazine rings is 1. The van der Waals surface area contributed by atoms with Crippen molar-refractivity contribution < 1.29 is 9.59 Å². The van der Waals surface area contributed by atoms with Crippen LogP contribution >= 0.6 is 15.9 Å². The topological polar surface area (TPSA) is 56.8 Å². The summed E-state index contributed by atoms with van der Waals surface area (Å²) in [5, 5.41) is 0. The minimum absolute atomic E-state index is 0.0238. The van der Waals surface area contributed by atoms with Crippen LogP contribution in [0.5, 0.6) is 0 Å². The zero-order chi connectivity index (χ0) is 16.5. The van der Waals surface area contributed by atoms with Crippen molar-refractivity contribution in [3.05, 3.63) is 28.5 Å². The van der Waals surface area contributed by atoms with Gasteiger partial charge in [-0.3, -0.25) is 9.78 Å². The first-order valence-electron chi connectivity index (χ1n) is 7.11. The van der Waals surface area contributed by atoms with Gasteiger partial charge in [-0.1, -0.05) is 0 Å². The van der Waals surface area contributed by atoms with E-state index in [1.165, 1.54) is 0 Å². The van der Waals surface area contributed by atoms with Crippen LogP contribution in [0.1, 0.15) is 24.2 Å². The van der Waals surface area contributed by atoms with Gasteiger partial charge in [-0.15, -0.1) is 0 Å². The van der Waals surface area contributed by atoms with Crippen LogP contribution in [-0.4, -0.2) is 70.9 Å². The summed E-state index contributed by atoms with van der Waals surface area (Å²) in [4.78, 5) is 34.0. The highest BCUT2D eigenvalue weighted by molar-refractivity contribution is 9.10. The molecule has 6 nitrogen and oxygen atoms in total. The first kappa shape index (κ1) is 16.7. The fraction of sp³-hybridized carbons (Fsp3) is 0.533. The van der Waals surface area contributed by atoms with Gasteiger partial charge in [0.2, 0.25) is 0 Å². The van der Waals surface area contributed by atoms with Crippen molar-refractivity contribution in [2.45, 2.75) is 19.4 Å². The van der Waals surface area contributed by atoms with Crippen LogP contribution in [-0.2, 0) is 0 Å². The molecule has 0 bridgehead atoms. The van der Waals surface area contributed by atoms with E-state index in [2.05, 4.69) is 20.9 Å². The molecule has 1 fully saturated rings. The van der Waals surface area contributed by atoms with Crippen molar-refractivity contribution in [1.29, 1.82) is 0 Å². The SMILES string of the molecule is CN(C)C(=O)N1CCN(C(=O)c2cncc(Br)c2)C(C)(C)C1. The van der Waals surface area contributed by atoms with Gasteiger partial charge < -0.3 is 14.7 Å². The van der Waals surface area contributed by atoms with Crippen molar-refractivity contribution in [2.75, 3.05) is 33.7 Å². The molecular weight excluding hydrogens is 348 g/mol. The number of halogens is 1. The van der Waals surface area contributed by atoms with Crippen molar-refractivity contribution in [2.24, 2.45) is 0 Å². The van der Waals surface area contributed by atoms with Crippen molar-refractivity contribution in [1.82, 2.24) is 19.7 Å². The maximum Gasteiger partial charge on any atom is 0.319 e. The van der Waals surface area contributed by atoms with Gasteiger partial charge >= 0.3 is 6.03 Å². The molecule has 1 aromatic rings. The second-order valence-corrected chi connectivity index (χ2v) is 7.18. The predicted octanol–water partition coefficient (Wildman–Crippen LogP) is 2.06. The molecule has 0 atom stereocenters. The fourth-order valence-corrected chi connectivity index (χ4v) is 3.03. The number of carbonyl (C=O) groups is 2. The Bertz CT molecular complexity index is 589. The standard InChI is InChI=1S/C15H21BrN4O2/c1-15(2)10-19(14(22)18(3)4)5-6-20(15)13(21)11-7-12(16)9-17-8-11/h7-9H,5-6,10H2,1-4H3. The third-order valence-corrected chi connectivity index (χ3v) is 4.19. The van der Waals surface area contributed by atoms with E-state index in [1.54, 1.807) is 42.4 Å². The lowest BCUT2D eigenvalue weighted by Gasteiger charge is -2.47. The lowest BCUT2D eigenvalue weighted by molar-refractivity contribution is 0.0241. The highest BCUT2D eigenvalue weighted by Crippen LogP contribution is 2.24. The van der Waals surface area contributed by atoms with E-state index in [4.69, 9.17) is 0 Å². The number of pyridine rings is 1. The lowest BCUT2D eigenvalue weighted by atomic mass is 9.97. The minimum atomic E-state index is -0.427. The Morgan fingerprint density at radius 3 is 2.50 bits per heavy atom. The zero-order valence-electron chi connectivity index (χ0n) is 13.3. The van der Waals surface area contributed by atoms with Gasteiger partial charge in [0.25, 0.3) is 5.91 Å².